The first-order valence-corrected chi connectivity index (χ1v) is 8.13. The minimum atomic E-state index is -1.58. The van der Waals surface area contributed by atoms with Crippen molar-refractivity contribution >= 4 is 58.0 Å². The van der Waals surface area contributed by atoms with Gasteiger partial charge in [-0.25, -0.2) is 0 Å². The number of ketones is 2. The summed E-state index contributed by atoms with van der Waals surface area (Å²) in [5.41, 5.74) is 0. The summed E-state index contributed by atoms with van der Waals surface area (Å²) in [6.45, 7) is 0. The predicted molar refractivity (Wildman–Crippen MR) is 75.1 cm³/mol. The van der Waals surface area contributed by atoms with Crippen LogP contribution in [-0.4, -0.2) is 51.1 Å². The third-order valence-corrected chi connectivity index (χ3v) is 10.2. The van der Waals surface area contributed by atoms with Gasteiger partial charge in [0, 0.05) is 14.2 Å². The Labute approximate surface area is 140 Å². The van der Waals surface area contributed by atoms with Crippen LogP contribution in [0.2, 0.25) is 0 Å². The van der Waals surface area contributed by atoms with Gasteiger partial charge in [0.05, 0.1) is 23.7 Å². The van der Waals surface area contributed by atoms with E-state index in [2.05, 4.69) is 0 Å². The number of ether oxygens (including phenoxy) is 2. The van der Waals surface area contributed by atoms with Crippen molar-refractivity contribution in [2.24, 2.45) is 23.7 Å². The summed E-state index contributed by atoms with van der Waals surface area (Å²) in [7, 11) is 2.77. The highest BCUT2D eigenvalue weighted by molar-refractivity contribution is 6.56. The third-order valence-electron chi connectivity index (χ3n) is 6.73. The van der Waals surface area contributed by atoms with Crippen molar-refractivity contribution in [2.75, 3.05) is 14.2 Å². The van der Waals surface area contributed by atoms with Gasteiger partial charge in [0.2, 0.25) is 5.79 Å². The van der Waals surface area contributed by atoms with E-state index in [-0.39, 0.29) is 11.6 Å². The molecule has 2 bridgehead atoms. The van der Waals surface area contributed by atoms with Gasteiger partial charge in [-0.15, -0.1) is 46.4 Å². The fourth-order valence-electron chi connectivity index (χ4n) is 6.37. The molecule has 5 fully saturated rings. The Kier molecular flexibility index (Phi) is 1.99. The van der Waals surface area contributed by atoms with Crippen molar-refractivity contribution in [2.45, 2.75) is 25.3 Å². The van der Waals surface area contributed by atoms with Crippen LogP contribution in [-0.2, 0) is 19.1 Å². The summed E-state index contributed by atoms with van der Waals surface area (Å²) < 4.78 is 11.2. The molecule has 21 heavy (non-hydrogen) atoms. The van der Waals surface area contributed by atoms with Crippen LogP contribution in [0.3, 0.4) is 0 Å². The second-order valence-electron chi connectivity index (χ2n) is 6.59. The highest BCUT2D eigenvalue weighted by Crippen LogP contribution is 2.95. The fraction of sp³-hybridized carbons (Fsp3) is 0.846. The van der Waals surface area contributed by atoms with Crippen molar-refractivity contribution in [1.29, 1.82) is 0 Å². The maximum absolute atomic E-state index is 12.7. The van der Waals surface area contributed by atoms with Crippen LogP contribution in [0.15, 0.2) is 0 Å². The van der Waals surface area contributed by atoms with Gasteiger partial charge in [0.25, 0.3) is 0 Å². The van der Waals surface area contributed by atoms with E-state index in [1.807, 2.05) is 0 Å². The molecule has 0 radical (unpaired) electrons. The highest BCUT2D eigenvalue weighted by Gasteiger charge is 3.12. The molecule has 5 saturated carbocycles. The van der Waals surface area contributed by atoms with Crippen LogP contribution in [0, 0.1) is 23.7 Å². The molecule has 4 nitrogen and oxygen atoms in total. The van der Waals surface area contributed by atoms with E-state index in [1.165, 1.54) is 14.2 Å². The number of halogens is 4. The summed E-state index contributed by atoms with van der Waals surface area (Å²) in [4.78, 5) is 19.9. The van der Waals surface area contributed by atoms with Gasteiger partial charge in [-0.2, -0.15) is 0 Å². The molecule has 0 aliphatic heterocycles. The van der Waals surface area contributed by atoms with Gasteiger partial charge in [-0.1, -0.05) is 0 Å². The number of hydrogen-bond donors (Lipinski definition) is 0. The lowest BCUT2D eigenvalue weighted by Gasteiger charge is -2.57. The van der Waals surface area contributed by atoms with Gasteiger partial charge < -0.3 is 9.47 Å². The molecule has 114 valence electrons. The van der Waals surface area contributed by atoms with E-state index in [1.54, 1.807) is 0 Å². The summed E-state index contributed by atoms with van der Waals surface area (Å²) in [5, 5.41) is 0. The molecule has 0 saturated heterocycles. The topological polar surface area (TPSA) is 52.6 Å². The molecule has 0 aromatic rings. The largest absolute Gasteiger partial charge is 0.350 e. The van der Waals surface area contributed by atoms with Crippen LogP contribution in [0.5, 0.6) is 0 Å². The quantitative estimate of drug-likeness (QED) is 0.546. The van der Waals surface area contributed by atoms with E-state index >= 15 is 0 Å². The Hall–Kier alpha value is 0.420. The van der Waals surface area contributed by atoms with Crippen LogP contribution in [0.4, 0.5) is 0 Å². The Bertz CT molecular complexity index is 613. The second kappa shape index (κ2) is 3.03. The molecule has 0 N–H and O–H groups in total. The first kappa shape index (κ1) is 13.8. The number of carbonyl (C=O) groups excluding carboxylic acids is 2. The second-order valence-corrected chi connectivity index (χ2v) is 8.97. The Morgan fingerprint density at radius 3 is 1.29 bits per heavy atom. The first-order chi connectivity index (χ1) is 9.68. The van der Waals surface area contributed by atoms with Crippen molar-refractivity contribution < 1.29 is 19.1 Å². The molecule has 0 heterocycles. The van der Waals surface area contributed by atoms with E-state index in [9.17, 15) is 9.59 Å². The van der Waals surface area contributed by atoms with Crippen molar-refractivity contribution in [1.82, 2.24) is 0 Å². The fourth-order valence-corrected chi connectivity index (χ4v) is 9.60. The molecule has 8 heteroatoms. The van der Waals surface area contributed by atoms with Crippen LogP contribution >= 0.6 is 46.4 Å². The molecule has 0 unspecified atom stereocenters. The molecular formula is C13H10Cl4O4. The monoisotopic (exact) mass is 370 g/mol. The molecule has 0 amide bonds. The highest BCUT2D eigenvalue weighted by atomic mass is 35.5. The smallest absolute Gasteiger partial charge is 0.211 e. The average molecular weight is 372 g/mol. The Morgan fingerprint density at radius 2 is 1.00 bits per heavy atom. The standard InChI is InChI=1S/C13H10Cl4O4/c1-20-13(21-2)11(16)5-6-8(19)4-3(7(5)18)9(11,14)10(4,15)12(6,13)17/h3-6H,1-2H3/t3-,4-,5+,6+,9+,10+,11-,12+/m0/s1. The van der Waals surface area contributed by atoms with E-state index in [0.29, 0.717) is 0 Å². The minimum absolute atomic E-state index is 0.135. The summed E-state index contributed by atoms with van der Waals surface area (Å²) in [5.74, 6) is -4.86. The lowest BCUT2D eigenvalue weighted by atomic mass is 9.57. The number of Topliss-reactive ketones (excluding diaryl/α,β-unsaturated/α-hetero) is 2. The van der Waals surface area contributed by atoms with E-state index in [4.69, 9.17) is 55.9 Å². The Balaban J connectivity index is 1.99. The predicted octanol–water partition coefficient (Wildman–Crippen LogP) is 1.56. The SMILES string of the molecule is COC1(OC)[C@]2(Cl)[C@H]3C(=O)[C@@H]4[C@H]5C(=O)[C@@H]3[C@@]1(Cl)[C@]5(Cl)[C@]42Cl. The summed E-state index contributed by atoms with van der Waals surface area (Å²) in [6, 6.07) is 0. The normalized spacial score (nSPS) is 67.3. The number of methoxy groups -OCH3 is 2. The zero-order chi connectivity index (χ0) is 15.4. The van der Waals surface area contributed by atoms with Gasteiger partial charge >= 0.3 is 0 Å². The molecule has 0 aromatic heterocycles. The van der Waals surface area contributed by atoms with Gasteiger partial charge in [0.1, 0.15) is 31.1 Å². The first-order valence-electron chi connectivity index (χ1n) is 6.61. The number of alkyl halides is 4. The minimum Gasteiger partial charge on any atom is -0.350 e. The van der Waals surface area contributed by atoms with E-state index < -0.39 is 49.0 Å². The molecule has 5 rings (SSSR count). The Morgan fingerprint density at radius 1 is 0.714 bits per heavy atom. The molecule has 8 atom stereocenters. The van der Waals surface area contributed by atoms with Gasteiger partial charge in [-0.3, -0.25) is 9.59 Å². The zero-order valence-corrected chi connectivity index (χ0v) is 14.0. The third kappa shape index (κ3) is 0.701. The lowest BCUT2D eigenvalue weighted by Crippen LogP contribution is -2.73. The maximum Gasteiger partial charge on any atom is 0.211 e. The average Bonchev–Trinajstić information content (AvgIpc) is 2.73. The van der Waals surface area contributed by atoms with Crippen LogP contribution in [0.1, 0.15) is 0 Å². The molecule has 5 aliphatic carbocycles. The summed E-state index contributed by atoms with van der Waals surface area (Å²) >= 11 is 27.4. The molecular weight excluding hydrogens is 362 g/mol. The number of hydrogen-bond acceptors (Lipinski definition) is 4. The molecule has 0 spiro atoms. The van der Waals surface area contributed by atoms with Crippen molar-refractivity contribution in [3.05, 3.63) is 0 Å². The number of carbonyl (C=O) groups is 2. The van der Waals surface area contributed by atoms with Gasteiger partial charge in [-0.05, 0) is 0 Å². The lowest BCUT2D eigenvalue weighted by molar-refractivity contribution is -0.224. The number of rotatable bonds is 2. The van der Waals surface area contributed by atoms with Crippen LogP contribution < -0.4 is 0 Å². The van der Waals surface area contributed by atoms with Crippen molar-refractivity contribution in [3.63, 3.8) is 0 Å². The zero-order valence-electron chi connectivity index (χ0n) is 11.0. The number of fused-ring (bicyclic) bond motifs is 2. The van der Waals surface area contributed by atoms with E-state index in [0.717, 1.165) is 0 Å². The van der Waals surface area contributed by atoms with Gasteiger partial charge in [0.15, 0.2) is 0 Å². The maximum atomic E-state index is 12.7. The molecule has 0 aromatic carbocycles. The molecule has 5 aliphatic rings. The van der Waals surface area contributed by atoms with Crippen molar-refractivity contribution in [3.8, 4) is 0 Å². The summed E-state index contributed by atoms with van der Waals surface area (Å²) in [6.07, 6.45) is 0. The van der Waals surface area contributed by atoms with Crippen LogP contribution in [0.25, 0.3) is 0 Å².